The average molecular weight is 571 g/mol. The largest absolute Gasteiger partial charge is 0.462 e. The lowest BCUT2D eigenvalue weighted by molar-refractivity contribution is -0.205. The van der Waals surface area contributed by atoms with Crippen LogP contribution in [0.5, 0.6) is 0 Å². The number of amides is 1. The molecule has 0 radical (unpaired) electrons. The molecule has 5 fully saturated rings. The lowest BCUT2D eigenvalue weighted by Gasteiger charge is -2.63. The van der Waals surface area contributed by atoms with Crippen LogP contribution in [0.1, 0.15) is 83.6 Å². The van der Waals surface area contributed by atoms with Gasteiger partial charge in [-0.3, -0.25) is 4.79 Å². The second kappa shape index (κ2) is 10.4. The van der Waals surface area contributed by atoms with Crippen LogP contribution < -0.4 is 5.63 Å². The van der Waals surface area contributed by atoms with Crippen LogP contribution in [0, 0.1) is 28.6 Å². The molecule has 1 aromatic heterocycles. The lowest BCUT2D eigenvalue weighted by Crippen LogP contribution is -2.62. The van der Waals surface area contributed by atoms with Crippen LogP contribution in [0.15, 0.2) is 27.6 Å². The van der Waals surface area contributed by atoms with Crippen molar-refractivity contribution >= 4 is 12.1 Å². The molecule has 226 valence electrons. The number of esters is 1. The Labute approximate surface area is 242 Å². The first-order chi connectivity index (χ1) is 19.4. The maximum Gasteiger partial charge on any atom is 0.410 e. The van der Waals surface area contributed by atoms with Crippen molar-refractivity contribution in [3.8, 4) is 0 Å². The molecular formula is C32H46N2O7. The van der Waals surface area contributed by atoms with E-state index in [1.165, 1.54) is 19.3 Å². The van der Waals surface area contributed by atoms with Crippen LogP contribution in [0.2, 0.25) is 0 Å². The number of nitrogens with zero attached hydrogens (tertiary/aromatic N) is 2. The van der Waals surface area contributed by atoms with Gasteiger partial charge in [-0.05, 0) is 86.8 Å². The van der Waals surface area contributed by atoms with E-state index in [1.807, 2.05) is 4.90 Å². The Morgan fingerprint density at radius 3 is 2.44 bits per heavy atom. The molecule has 1 aliphatic heterocycles. The predicted molar refractivity (Wildman–Crippen MR) is 151 cm³/mol. The van der Waals surface area contributed by atoms with Gasteiger partial charge in [0.2, 0.25) is 0 Å². The number of likely N-dealkylation sites (N-methyl/N-ethyl adjacent to an activating group) is 1. The molecule has 4 aliphatic carbocycles. The van der Waals surface area contributed by atoms with E-state index in [-0.39, 0.29) is 35.4 Å². The van der Waals surface area contributed by atoms with Crippen molar-refractivity contribution in [1.29, 1.82) is 0 Å². The highest BCUT2D eigenvalue weighted by Gasteiger charge is 2.70. The Hall–Kier alpha value is -2.39. The van der Waals surface area contributed by atoms with Crippen molar-refractivity contribution in [3.05, 3.63) is 34.4 Å². The van der Waals surface area contributed by atoms with Gasteiger partial charge in [-0.15, -0.1) is 0 Å². The molecule has 5 aliphatic rings. The van der Waals surface area contributed by atoms with Gasteiger partial charge in [0.15, 0.2) is 0 Å². The highest BCUT2D eigenvalue weighted by atomic mass is 16.6. The minimum atomic E-state index is -1.00. The highest BCUT2D eigenvalue weighted by Crippen LogP contribution is 2.71. The number of fused-ring (bicyclic) bond motifs is 5. The van der Waals surface area contributed by atoms with Gasteiger partial charge in [0.25, 0.3) is 0 Å². The fourth-order valence-corrected chi connectivity index (χ4v) is 9.96. The number of hydrogen-bond acceptors (Lipinski definition) is 8. The number of aliphatic hydroxyl groups is 1. The lowest BCUT2D eigenvalue weighted by atomic mass is 9.43. The molecule has 1 N–H and O–H groups in total. The van der Waals surface area contributed by atoms with Crippen molar-refractivity contribution in [1.82, 2.24) is 9.80 Å². The smallest absolute Gasteiger partial charge is 0.410 e. The van der Waals surface area contributed by atoms with E-state index < -0.39 is 22.7 Å². The summed E-state index contributed by atoms with van der Waals surface area (Å²) >= 11 is 0. The average Bonchev–Trinajstić information content (AvgIpc) is 3.15. The van der Waals surface area contributed by atoms with E-state index in [4.69, 9.17) is 13.9 Å². The van der Waals surface area contributed by atoms with Gasteiger partial charge in [-0.1, -0.05) is 13.8 Å². The van der Waals surface area contributed by atoms with Crippen LogP contribution in [0.4, 0.5) is 4.79 Å². The van der Waals surface area contributed by atoms with Gasteiger partial charge in [0.05, 0.1) is 11.9 Å². The monoisotopic (exact) mass is 570 g/mol. The molecule has 0 spiro atoms. The van der Waals surface area contributed by atoms with E-state index >= 15 is 0 Å². The third-order valence-electron chi connectivity index (χ3n) is 12.2. The number of piperazine rings is 1. The van der Waals surface area contributed by atoms with Crippen LogP contribution in [0.3, 0.4) is 0 Å². The molecule has 9 nitrogen and oxygen atoms in total. The molecule has 9 atom stereocenters. The first-order valence-electron chi connectivity index (χ1n) is 15.6. The Bertz CT molecular complexity index is 1210. The zero-order chi connectivity index (χ0) is 29.2. The van der Waals surface area contributed by atoms with Gasteiger partial charge < -0.3 is 28.8 Å². The summed E-state index contributed by atoms with van der Waals surface area (Å²) in [6.07, 6.45) is 7.56. The Morgan fingerprint density at radius 2 is 1.76 bits per heavy atom. The topological polar surface area (TPSA) is 110 Å². The number of carbonyl (C=O) groups is 2. The molecule has 41 heavy (non-hydrogen) atoms. The van der Waals surface area contributed by atoms with Gasteiger partial charge in [-0.25, -0.2) is 9.59 Å². The predicted octanol–water partition coefficient (Wildman–Crippen LogP) is 4.18. The van der Waals surface area contributed by atoms with E-state index in [9.17, 15) is 19.5 Å². The van der Waals surface area contributed by atoms with Crippen molar-refractivity contribution in [3.63, 3.8) is 0 Å². The molecule has 0 bridgehead atoms. The summed E-state index contributed by atoms with van der Waals surface area (Å²) in [6.45, 7) is 9.16. The summed E-state index contributed by atoms with van der Waals surface area (Å²) < 4.78 is 17.2. The third kappa shape index (κ3) is 4.71. The number of ether oxygens (including phenoxy) is 2. The summed E-state index contributed by atoms with van der Waals surface area (Å²) in [7, 11) is 2.08. The summed E-state index contributed by atoms with van der Waals surface area (Å²) in [5.74, 6) is 0.266. The number of hydrogen-bond donors (Lipinski definition) is 1. The fourth-order valence-electron chi connectivity index (χ4n) is 9.96. The standard InChI is InChI=1S/C32H46N2O7/c1-20(35)40-26-18-32(38)25-7-6-22-17-23(41-29(37)34-15-13-33(4)14-16-34)9-11-30(22,2)24(25)10-12-31(32,3)28(26)21-5-8-27(36)39-19-21/h5,8,19,22-26,28,38H,6-7,9-18H2,1-4H3. The molecule has 6 rings (SSSR count). The van der Waals surface area contributed by atoms with Crippen molar-refractivity contribution < 1.29 is 28.6 Å². The third-order valence-corrected chi connectivity index (χ3v) is 12.2. The van der Waals surface area contributed by atoms with E-state index in [0.29, 0.717) is 18.3 Å². The molecule has 4 saturated carbocycles. The van der Waals surface area contributed by atoms with E-state index in [2.05, 4.69) is 25.8 Å². The molecule has 0 aromatic carbocycles. The van der Waals surface area contributed by atoms with Gasteiger partial charge in [-0.2, -0.15) is 0 Å². The van der Waals surface area contributed by atoms with Crippen molar-refractivity contribution in [2.75, 3.05) is 33.2 Å². The summed E-state index contributed by atoms with van der Waals surface area (Å²) in [6, 6.07) is 3.17. The van der Waals surface area contributed by atoms with E-state index in [1.54, 1.807) is 6.07 Å². The fraction of sp³-hybridized carbons (Fsp3) is 0.781. The zero-order valence-electron chi connectivity index (χ0n) is 25.0. The second-order valence-electron chi connectivity index (χ2n) is 14.2. The van der Waals surface area contributed by atoms with Crippen LogP contribution in [0.25, 0.3) is 0 Å². The number of rotatable bonds is 3. The minimum absolute atomic E-state index is 0.0503. The maximum absolute atomic E-state index is 12.9. The SMILES string of the molecule is CC(=O)OC1CC2(O)C3CCC4CC(OC(=O)N5CCN(C)CC5)CCC4(C)C3CCC2(C)C1c1ccc(=O)oc1. The number of carbonyl (C=O) groups excluding carboxylic acids is 2. The summed E-state index contributed by atoms with van der Waals surface area (Å²) in [5, 5.41) is 12.7. The second-order valence-corrected chi connectivity index (χ2v) is 14.2. The summed E-state index contributed by atoms with van der Waals surface area (Å²) in [4.78, 5) is 40.9. The normalized spacial score (nSPS) is 42.5. The Balaban J connectivity index is 1.21. The zero-order valence-corrected chi connectivity index (χ0v) is 25.0. The Kier molecular flexibility index (Phi) is 7.29. The molecular weight excluding hydrogens is 524 g/mol. The molecule has 1 saturated heterocycles. The molecule has 2 heterocycles. The van der Waals surface area contributed by atoms with Gasteiger partial charge >= 0.3 is 17.7 Å². The molecule has 9 heteroatoms. The maximum atomic E-state index is 12.9. The van der Waals surface area contributed by atoms with Crippen molar-refractivity contribution in [2.24, 2.45) is 28.6 Å². The Morgan fingerprint density at radius 1 is 1.00 bits per heavy atom. The van der Waals surface area contributed by atoms with Gasteiger partial charge in [0, 0.05) is 56.9 Å². The molecule has 9 unspecified atom stereocenters. The molecule has 1 amide bonds. The first-order valence-corrected chi connectivity index (χ1v) is 15.6. The molecule has 1 aromatic rings. The van der Waals surface area contributed by atoms with Crippen LogP contribution in [-0.2, 0) is 14.3 Å². The summed E-state index contributed by atoms with van der Waals surface area (Å²) in [5.41, 5.74) is -1.08. The van der Waals surface area contributed by atoms with E-state index in [0.717, 1.165) is 76.7 Å². The quantitative estimate of drug-likeness (QED) is 0.540. The van der Waals surface area contributed by atoms with Crippen molar-refractivity contribution in [2.45, 2.75) is 95.9 Å². The minimum Gasteiger partial charge on any atom is -0.462 e. The van der Waals surface area contributed by atoms with Crippen LogP contribution in [-0.4, -0.2) is 78.0 Å². The highest BCUT2D eigenvalue weighted by molar-refractivity contribution is 5.68. The van der Waals surface area contributed by atoms with Crippen LogP contribution >= 0.6 is 0 Å². The van der Waals surface area contributed by atoms with Gasteiger partial charge in [0.1, 0.15) is 12.2 Å². The first kappa shape index (κ1) is 28.7.